The predicted octanol–water partition coefficient (Wildman–Crippen LogP) is 8.92. The van der Waals surface area contributed by atoms with Gasteiger partial charge in [0, 0.05) is 13.7 Å². The van der Waals surface area contributed by atoms with Crippen LogP contribution >= 0.6 is 28.5 Å². The van der Waals surface area contributed by atoms with Gasteiger partial charge in [0.1, 0.15) is 0 Å². The molecule has 0 unspecified atom stereocenters. The normalized spacial score (nSPS) is 12.1. The fourth-order valence-corrected chi connectivity index (χ4v) is 4.17. The quantitative estimate of drug-likeness (QED) is 0.138. The molecule has 0 N–H and O–H groups in total. The van der Waals surface area contributed by atoms with E-state index in [2.05, 4.69) is 101 Å². The molecule has 0 atom stereocenters. The third-order valence-electron chi connectivity index (χ3n) is 5.57. The number of rotatable bonds is 11. The van der Waals surface area contributed by atoms with Gasteiger partial charge in [-0.1, -0.05) is 42.3 Å². The summed E-state index contributed by atoms with van der Waals surface area (Å²) in [7, 11) is 2.94. The van der Waals surface area contributed by atoms with Gasteiger partial charge in [-0.25, -0.2) is 0 Å². The average molecular weight is 655 g/mol. The first kappa shape index (κ1) is 32.2. The first-order valence-electron chi connectivity index (χ1n) is 11.9. The van der Waals surface area contributed by atoms with Crippen LogP contribution in [0.2, 0.25) is 0 Å². The summed E-state index contributed by atoms with van der Waals surface area (Å²) < 4.78 is 10.8. The molecule has 0 spiro atoms. The van der Waals surface area contributed by atoms with Crippen molar-refractivity contribution in [1.29, 1.82) is 0 Å². The molecule has 0 aromatic heterocycles. The van der Waals surface area contributed by atoms with Crippen molar-refractivity contribution in [1.82, 2.24) is 0 Å². The summed E-state index contributed by atoms with van der Waals surface area (Å²) in [5, 5.41) is 0. The molecule has 0 saturated carbocycles. The second kappa shape index (κ2) is 17.6. The van der Waals surface area contributed by atoms with Gasteiger partial charge in [-0.15, -0.1) is 0 Å². The van der Waals surface area contributed by atoms with Crippen molar-refractivity contribution in [2.24, 2.45) is 9.98 Å². The van der Waals surface area contributed by atoms with E-state index in [4.69, 9.17) is 19.5 Å². The molecule has 0 heterocycles. The summed E-state index contributed by atoms with van der Waals surface area (Å²) in [6.07, 6.45) is 2.56. The van der Waals surface area contributed by atoms with E-state index in [9.17, 15) is 0 Å². The minimum absolute atomic E-state index is 0.621. The standard InChI is InChI=1S/C28H40N2O2.2BrH.Ni/c1-9-25(29-27-21(4)15-19(2)16-22(27)5)26(11-10-12-32-14-13-31-8)30-28-23(6)17-20(3)18-24(28)7;;;/h15-18H,9-14H2,1-8H3;2*1H;/q;;;+2/p-2. The van der Waals surface area contributed by atoms with Gasteiger partial charge in [-0.3, -0.25) is 9.98 Å². The predicted molar refractivity (Wildman–Crippen MR) is 156 cm³/mol. The SMILES string of the molecule is CCC(=Nc1c(C)cc(C)cc1C)C(CCCOCCOC)=Nc1c(C)cc(C)cc1C.[Br][Ni][Br]. The Balaban J connectivity index is 0.00000194. The van der Waals surface area contributed by atoms with Gasteiger partial charge in [-0.05, 0) is 83.1 Å². The van der Waals surface area contributed by atoms with Crippen LogP contribution in [-0.2, 0) is 20.4 Å². The summed E-state index contributed by atoms with van der Waals surface area (Å²) >= 11 is 6.00. The number of nitrogens with zero attached hydrogens (tertiary/aromatic N) is 2. The van der Waals surface area contributed by atoms with Gasteiger partial charge in [0.2, 0.25) is 0 Å². The van der Waals surface area contributed by atoms with Crippen LogP contribution < -0.4 is 0 Å². The van der Waals surface area contributed by atoms with Gasteiger partial charge < -0.3 is 9.47 Å². The monoisotopic (exact) mass is 652 g/mol. The summed E-state index contributed by atoms with van der Waals surface area (Å²) in [5.41, 5.74) is 11.6. The Kier molecular flexibility index (Phi) is 16.2. The van der Waals surface area contributed by atoms with Gasteiger partial charge in [0.15, 0.2) is 0 Å². The second-order valence-electron chi connectivity index (χ2n) is 8.72. The number of hydrogen-bond acceptors (Lipinski definition) is 4. The van der Waals surface area contributed by atoms with Gasteiger partial charge in [-0.2, -0.15) is 0 Å². The molecule has 0 amide bonds. The van der Waals surface area contributed by atoms with Crippen LogP contribution in [0, 0.1) is 41.5 Å². The van der Waals surface area contributed by atoms with Crippen molar-refractivity contribution in [3.8, 4) is 0 Å². The second-order valence-corrected chi connectivity index (χ2v) is 13.7. The molecule has 0 aliphatic rings. The van der Waals surface area contributed by atoms with Crippen LogP contribution in [0.4, 0.5) is 11.4 Å². The average Bonchev–Trinajstić information content (AvgIpc) is 2.77. The number of halogens is 2. The number of hydrogen-bond donors (Lipinski definition) is 0. The Bertz CT molecular complexity index is 960. The van der Waals surface area contributed by atoms with Crippen molar-refractivity contribution in [2.75, 3.05) is 26.9 Å². The van der Waals surface area contributed by atoms with E-state index in [0.717, 1.165) is 42.1 Å². The third kappa shape index (κ3) is 11.4. The summed E-state index contributed by atoms with van der Waals surface area (Å²) in [6, 6.07) is 8.81. The molecule has 198 valence electrons. The molecular weight excluding hydrogens is 615 g/mol. The first-order valence-corrected chi connectivity index (χ1v) is 16.8. The molecule has 0 fully saturated rings. The van der Waals surface area contributed by atoms with Crippen LogP contribution in [0.1, 0.15) is 59.6 Å². The molecule has 0 aliphatic heterocycles. The molecule has 0 aliphatic carbocycles. The zero-order valence-electron chi connectivity index (χ0n) is 22.3. The molecule has 2 rings (SSSR count). The molecule has 2 aromatic rings. The Morgan fingerprint density at radius 1 is 0.743 bits per heavy atom. The van der Waals surface area contributed by atoms with Crippen molar-refractivity contribution >= 4 is 51.2 Å². The third-order valence-corrected chi connectivity index (χ3v) is 5.57. The van der Waals surface area contributed by atoms with Crippen LogP contribution in [0.25, 0.3) is 0 Å². The maximum atomic E-state index is 5.70. The topological polar surface area (TPSA) is 43.2 Å². The van der Waals surface area contributed by atoms with Crippen LogP contribution in [-0.4, -0.2) is 38.4 Å². The Labute approximate surface area is 232 Å². The van der Waals surface area contributed by atoms with Gasteiger partial charge >= 0.3 is 39.3 Å². The Morgan fingerprint density at radius 3 is 1.57 bits per heavy atom. The van der Waals surface area contributed by atoms with E-state index in [0.29, 0.717) is 19.8 Å². The van der Waals surface area contributed by atoms with E-state index in [1.54, 1.807) is 7.11 Å². The molecule has 0 bridgehead atoms. The number of methoxy groups -OCH3 is 1. The van der Waals surface area contributed by atoms with E-state index in [1.165, 1.54) is 44.3 Å². The van der Waals surface area contributed by atoms with Crippen molar-refractivity contribution in [2.45, 2.75) is 67.7 Å². The summed E-state index contributed by atoms with van der Waals surface area (Å²) in [4.78, 5) is 10.3. The summed E-state index contributed by atoms with van der Waals surface area (Å²) in [6.45, 7) is 16.9. The van der Waals surface area contributed by atoms with Crippen LogP contribution in [0.3, 0.4) is 0 Å². The van der Waals surface area contributed by atoms with Crippen LogP contribution in [0.15, 0.2) is 34.3 Å². The summed E-state index contributed by atoms with van der Waals surface area (Å²) in [5.74, 6) is 0. The minimum atomic E-state index is 0.621. The molecule has 0 saturated heterocycles. The van der Waals surface area contributed by atoms with Crippen molar-refractivity contribution in [3.05, 3.63) is 57.6 Å². The number of aryl methyl sites for hydroxylation is 6. The molecule has 0 radical (unpaired) electrons. The van der Waals surface area contributed by atoms with E-state index in [-0.39, 0.29) is 0 Å². The van der Waals surface area contributed by atoms with Gasteiger partial charge in [0.25, 0.3) is 0 Å². The zero-order chi connectivity index (χ0) is 26.4. The molecule has 2 aromatic carbocycles. The number of aliphatic imine (C=N–C) groups is 2. The van der Waals surface area contributed by atoms with Gasteiger partial charge in [0.05, 0.1) is 36.0 Å². The Morgan fingerprint density at radius 2 is 1.17 bits per heavy atom. The Hall–Kier alpha value is -0.846. The molecule has 7 heteroatoms. The van der Waals surface area contributed by atoms with E-state index < -0.39 is 0 Å². The first-order chi connectivity index (χ1) is 16.7. The fourth-order valence-electron chi connectivity index (χ4n) is 4.17. The fraction of sp³-hybridized carbons (Fsp3) is 0.500. The van der Waals surface area contributed by atoms with E-state index >= 15 is 0 Å². The van der Waals surface area contributed by atoms with Crippen molar-refractivity contribution in [3.63, 3.8) is 0 Å². The number of benzene rings is 2. The number of ether oxygens (including phenoxy) is 2. The molecule has 4 nitrogen and oxygen atoms in total. The van der Waals surface area contributed by atoms with Crippen LogP contribution in [0.5, 0.6) is 0 Å². The van der Waals surface area contributed by atoms with E-state index in [1.807, 2.05) is 0 Å². The molecule has 35 heavy (non-hydrogen) atoms. The molecular formula is C28H40Br2N2NiO2. The zero-order valence-corrected chi connectivity index (χ0v) is 26.5. The maximum absolute atomic E-state index is 5.70. The van der Waals surface area contributed by atoms with Crippen molar-refractivity contribution < 1.29 is 20.4 Å².